The number of pyridine rings is 1. The molecule has 2 N–H and O–H groups in total. The van der Waals surface area contributed by atoms with Gasteiger partial charge in [-0.2, -0.15) is 0 Å². The Labute approximate surface area is 148 Å². The second-order valence-corrected chi connectivity index (χ2v) is 6.76. The summed E-state index contributed by atoms with van der Waals surface area (Å²) in [6, 6.07) is 2.08. The first-order valence-electron chi connectivity index (χ1n) is 8.58. The third-order valence-corrected chi connectivity index (χ3v) is 4.91. The molecule has 0 atom stereocenters. The average Bonchev–Trinajstić information content (AvgIpc) is 3.04. The van der Waals surface area contributed by atoms with E-state index in [1.54, 1.807) is 11.3 Å². The van der Waals surface area contributed by atoms with Crippen LogP contribution < -0.4 is 10.6 Å². The number of hydrogen-bond acceptors (Lipinski definition) is 4. The van der Waals surface area contributed by atoms with Crippen molar-refractivity contribution in [2.24, 2.45) is 4.99 Å². The maximum atomic E-state index is 4.65. The molecule has 0 spiro atoms. The minimum atomic E-state index is 0.750. The third kappa shape index (κ3) is 5.92. The Morgan fingerprint density at radius 2 is 2.08 bits per heavy atom. The topological polar surface area (TPSA) is 62.2 Å². The molecule has 6 heteroatoms. The largest absolute Gasteiger partial charge is 0.357 e. The van der Waals surface area contributed by atoms with Gasteiger partial charge in [0, 0.05) is 49.5 Å². The number of aryl methyl sites for hydroxylation is 2. The molecule has 0 radical (unpaired) electrons. The van der Waals surface area contributed by atoms with E-state index in [0.29, 0.717) is 0 Å². The third-order valence-electron chi connectivity index (χ3n) is 3.71. The van der Waals surface area contributed by atoms with E-state index in [2.05, 4.69) is 52.4 Å². The molecule has 5 nitrogen and oxygen atoms in total. The normalized spacial score (nSPS) is 11.5. The Morgan fingerprint density at radius 3 is 2.79 bits per heavy atom. The van der Waals surface area contributed by atoms with Gasteiger partial charge in [-0.15, -0.1) is 11.3 Å². The van der Waals surface area contributed by atoms with E-state index in [1.807, 2.05) is 18.6 Å². The number of aromatic nitrogens is 2. The number of aliphatic imine (C=N–C) groups is 1. The first-order valence-corrected chi connectivity index (χ1v) is 9.39. The Bertz CT molecular complexity index is 650. The highest BCUT2D eigenvalue weighted by Gasteiger charge is 2.02. The van der Waals surface area contributed by atoms with E-state index < -0.39 is 0 Å². The molecule has 2 aromatic rings. The van der Waals surface area contributed by atoms with E-state index in [-0.39, 0.29) is 0 Å². The molecule has 0 amide bonds. The molecule has 0 aliphatic rings. The highest BCUT2D eigenvalue weighted by Crippen LogP contribution is 2.13. The van der Waals surface area contributed by atoms with Gasteiger partial charge in [-0.25, -0.2) is 4.98 Å². The lowest BCUT2D eigenvalue weighted by molar-refractivity contribution is 0.793. The highest BCUT2D eigenvalue weighted by atomic mass is 32.1. The molecule has 2 rings (SSSR count). The number of nitrogens with one attached hydrogen (secondary N) is 2. The molecule has 0 saturated carbocycles. The van der Waals surface area contributed by atoms with Gasteiger partial charge in [-0.05, 0) is 43.9 Å². The zero-order chi connectivity index (χ0) is 17.2. The van der Waals surface area contributed by atoms with Gasteiger partial charge in [0.15, 0.2) is 5.96 Å². The Morgan fingerprint density at radius 1 is 1.21 bits per heavy atom. The van der Waals surface area contributed by atoms with Gasteiger partial charge in [0.1, 0.15) is 0 Å². The number of hydrogen-bond donors (Lipinski definition) is 2. The zero-order valence-electron chi connectivity index (χ0n) is 14.8. The summed E-state index contributed by atoms with van der Waals surface area (Å²) in [5.74, 6) is 0.872. The van der Waals surface area contributed by atoms with Crippen LogP contribution >= 0.6 is 11.3 Å². The van der Waals surface area contributed by atoms with Crippen molar-refractivity contribution in [3.05, 3.63) is 45.7 Å². The fourth-order valence-electron chi connectivity index (χ4n) is 2.33. The van der Waals surface area contributed by atoms with Crippen molar-refractivity contribution in [1.29, 1.82) is 0 Å². The zero-order valence-corrected chi connectivity index (χ0v) is 15.6. The molecule has 2 heterocycles. The summed E-state index contributed by atoms with van der Waals surface area (Å²) in [5, 5.41) is 7.86. The van der Waals surface area contributed by atoms with Crippen LogP contribution in [0.4, 0.5) is 0 Å². The predicted octanol–water partition coefficient (Wildman–Crippen LogP) is 2.75. The van der Waals surface area contributed by atoms with Crippen LogP contribution in [0.1, 0.15) is 34.9 Å². The van der Waals surface area contributed by atoms with E-state index in [0.717, 1.165) is 44.9 Å². The SMILES string of the molecule is CCNC(=NCCc1ncc(CC)s1)NCCc1ccncc1C. The Hall–Kier alpha value is -1.95. The maximum Gasteiger partial charge on any atom is 0.191 e. The van der Waals surface area contributed by atoms with Gasteiger partial charge < -0.3 is 10.6 Å². The van der Waals surface area contributed by atoms with E-state index in [1.165, 1.54) is 21.0 Å². The van der Waals surface area contributed by atoms with Crippen molar-refractivity contribution < 1.29 is 0 Å². The fourth-order valence-corrected chi connectivity index (χ4v) is 3.18. The second-order valence-electron chi connectivity index (χ2n) is 5.56. The summed E-state index contributed by atoms with van der Waals surface area (Å²) < 4.78 is 0. The summed E-state index contributed by atoms with van der Waals surface area (Å²) in [5.41, 5.74) is 2.56. The number of rotatable bonds is 8. The molecule has 0 saturated heterocycles. The summed E-state index contributed by atoms with van der Waals surface area (Å²) in [6.07, 6.45) is 8.65. The van der Waals surface area contributed by atoms with E-state index in [4.69, 9.17) is 0 Å². The van der Waals surface area contributed by atoms with Gasteiger partial charge in [0.05, 0.1) is 5.01 Å². The Balaban J connectivity index is 1.80. The molecular formula is C18H27N5S. The average molecular weight is 346 g/mol. The van der Waals surface area contributed by atoms with Crippen molar-refractivity contribution in [3.8, 4) is 0 Å². The van der Waals surface area contributed by atoms with E-state index >= 15 is 0 Å². The fraction of sp³-hybridized carbons (Fsp3) is 0.500. The smallest absolute Gasteiger partial charge is 0.191 e. The maximum absolute atomic E-state index is 4.65. The molecule has 0 fully saturated rings. The van der Waals surface area contributed by atoms with Gasteiger partial charge >= 0.3 is 0 Å². The van der Waals surface area contributed by atoms with E-state index in [9.17, 15) is 0 Å². The molecule has 0 aromatic carbocycles. The lowest BCUT2D eigenvalue weighted by Crippen LogP contribution is -2.38. The standard InChI is InChI=1S/C18H27N5S/c1-4-16-13-23-17(24-16)8-11-22-18(20-5-2)21-10-7-15-6-9-19-12-14(15)3/h6,9,12-13H,4-5,7-8,10-11H2,1-3H3,(H2,20,21,22). The van der Waals surface area contributed by atoms with Crippen LogP contribution in [0.3, 0.4) is 0 Å². The van der Waals surface area contributed by atoms with Gasteiger partial charge in [0.2, 0.25) is 0 Å². The Kier molecular flexibility index (Phi) is 7.68. The molecule has 0 aliphatic carbocycles. The molecule has 0 bridgehead atoms. The minimum absolute atomic E-state index is 0.750. The molecule has 2 aromatic heterocycles. The van der Waals surface area contributed by atoms with Crippen LogP contribution in [0.25, 0.3) is 0 Å². The lowest BCUT2D eigenvalue weighted by atomic mass is 10.1. The quantitative estimate of drug-likeness (QED) is 0.570. The molecule has 24 heavy (non-hydrogen) atoms. The van der Waals surface area contributed by atoms with Crippen LogP contribution in [-0.4, -0.2) is 35.6 Å². The second kappa shape index (κ2) is 10.0. The van der Waals surface area contributed by atoms with Crippen LogP contribution in [0, 0.1) is 6.92 Å². The van der Waals surface area contributed by atoms with Crippen LogP contribution in [-0.2, 0) is 19.3 Å². The summed E-state index contributed by atoms with van der Waals surface area (Å²) in [7, 11) is 0. The predicted molar refractivity (Wildman–Crippen MR) is 102 cm³/mol. The van der Waals surface area contributed by atoms with Crippen LogP contribution in [0.5, 0.6) is 0 Å². The first-order chi connectivity index (χ1) is 11.7. The number of thiazole rings is 1. The molecule has 130 valence electrons. The number of guanidine groups is 1. The van der Waals surface area contributed by atoms with Gasteiger partial charge in [-0.3, -0.25) is 9.98 Å². The number of nitrogens with zero attached hydrogens (tertiary/aromatic N) is 3. The summed E-state index contributed by atoms with van der Waals surface area (Å²) >= 11 is 1.79. The molecule has 0 unspecified atom stereocenters. The van der Waals surface area contributed by atoms with Crippen LogP contribution in [0.2, 0.25) is 0 Å². The lowest BCUT2D eigenvalue weighted by Gasteiger charge is -2.11. The molecule has 0 aliphatic heterocycles. The minimum Gasteiger partial charge on any atom is -0.357 e. The van der Waals surface area contributed by atoms with Crippen molar-refractivity contribution >= 4 is 17.3 Å². The summed E-state index contributed by atoms with van der Waals surface area (Å²) in [4.78, 5) is 14.6. The first kappa shape index (κ1) is 18.4. The van der Waals surface area contributed by atoms with Crippen molar-refractivity contribution in [2.45, 2.75) is 40.0 Å². The van der Waals surface area contributed by atoms with Crippen LogP contribution in [0.15, 0.2) is 29.6 Å². The highest BCUT2D eigenvalue weighted by molar-refractivity contribution is 7.11. The van der Waals surface area contributed by atoms with Crippen molar-refractivity contribution in [2.75, 3.05) is 19.6 Å². The van der Waals surface area contributed by atoms with Gasteiger partial charge in [-0.1, -0.05) is 6.92 Å². The summed E-state index contributed by atoms with van der Waals surface area (Å²) in [6.45, 7) is 8.80. The van der Waals surface area contributed by atoms with Crippen molar-refractivity contribution in [3.63, 3.8) is 0 Å². The monoisotopic (exact) mass is 345 g/mol. The van der Waals surface area contributed by atoms with Gasteiger partial charge in [0.25, 0.3) is 0 Å². The van der Waals surface area contributed by atoms with Crippen molar-refractivity contribution in [1.82, 2.24) is 20.6 Å². The molecular weight excluding hydrogens is 318 g/mol.